The molecule has 4 heterocycles. The molecule has 2 aliphatic rings. The third kappa shape index (κ3) is 11.0. The maximum absolute atomic E-state index is 15.0. The first-order valence-corrected chi connectivity index (χ1v) is 26.4. The lowest BCUT2D eigenvalue weighted by Crippen LogP contribution is -2.72. The summed E-state index contributed by atoms with van der Waals surface area (Å²) >= 11 is 10.8. The Hall–Kier alpha value is -6.73. The van der Waals surface area contributed by atoms with Gasteiger partial charge in [-0.15, -0.1) is 0 Å². The number of pyridine rings is 1. The van der Waals surface area contributed by atoms with E-state index in [1.807, 2.05) is 164 Å². The Morgan fingerprint density at radius 3 is 2.00 bits per heavy atom. The van der Waals surface area contributed by atoms with Gasteiger partial charge in [-0.1, -0.05) is 192 Å². The third-order valence-corrected chi connectivity index (χ3v) is 15.5. The summed E-state index contributed by atoms with van der Waals surface area (Å²) in [5.74, 6) is -0.685. The van der Waals surface area contributed by atoms with Crippen molar-refractivity contribution in [2.75, 3.05) is 18.0 Å². The molecule has 2 aromatic heterocycles. The summed E-state index contributed by atoms with van der Waals surface area (Å²) in [5, 5.41) is 20.3. The molecule has 0 saturated carbocycles. The van der Waals surface area contributed by atoms with E-state index < -0.39 is 48.6 Å². The number of benzene rings is 5. The second-order valence-corrected chi connectivity index (χ2v) is 20.7. The number of amides is 2. The number of nitrogens with two attached hydrogens (primary N) is 1. The Bertz CT molecular complexity index is 2930. The van der Waals surface area contributed by atoms with Gasteiger partial charge in [-0.3, -0.25) is 19.5 Å². The number of allylic oxidation sites excluding steroid dienone is 1. The van der Waals surface area contributed by atoms with Crippen LogP contribution in [0.4, 0.5) is 5.13 Å². The number of aromatic nitrogens is 2. The highest BCUT2D eigenvalue weighted by atomic mass is 35.5. The van der Waals surface area contributed by atoms with Crippen LogP contribution in [-0.4, -0.2) is 74.8 Å². The highest BCUT2D eigenvalue weighted by molar-refractivity contribution is 8.03. The quantitative estimate of drug-likeness (QED) is 0.0108. The number of nitrogens with one attached hydrogen (secondary N) is 2. The first-order valence-electron chi connectivity index (χ1n) is 23.3. The molecule has 364 valence electrons. The van der Waals surface area contributed by atoms with Gasteiger partial charge in [-0.2, -0.15) is 11.8 Å². The molecular weight excluding hydrogens is 985 g/mol. The number of thioether (sulfide) groups is 2. The van der Waals surface area contributed by atoms with Crippen LogP contribution in [0.3, 0.4) is 0 Å². The Balaban J connectivity index is 1.06. The smallest absolute Gasteiger partial charge is 0.373 e. The second kappa shape index (κ2) is 23.2. The summed E-state index contributed by atoms with van der Waals surface area (Å²) in [6, 6.07) is 49.6. The first-order chi connectivity index (χ1) is 35.1. The van der Waals surface area contributed by atoms with Crippen molar-refractivity contribution in [3.05, 3.63) is 224 Å². The van der Waals surface area contributed by atoms with Crippen LogP contribution in [0.25, 0.3) is 0 Å². The molecule has 9 rings (SSSR count). The Morgan fingerprint density at radius 2 is 1.46 bits per heavy atom. The summed E-state index contributed by atoms with van der Waals surface area (Å²) in [4.78, 5) is 63.4. The predicted molar refractivity (Wildman–Crippen MR) is 286 cm³/mol. The van der Waals surface area contributed by atoms with Crippen LogP contribution < -0.4 is 16.3 Å². The van der Waals surface area contributed by atoms with Crippen LogP contribution >= 0.6 is 46.5 Å². The van der Waals surface area contributed by atoms with Gasteiger partial charge in [0.25, 0.3) is 11.8 Å². The van der Waals surface area contributed by atoms with Gasteiger partial charge < -0.3 is 30.9 Å². The van der Waals surface area contributed by atoms with Gasteiger partial charge in [0.15, 0.2) is 16.9 Å². The largest absolute Gasteiger partial charge is 0.448 e. The molecule has 5 N–H and O–H groups in total. The van der Waals surface area contributed by atoms with Crippen molar-refractivity contribution in [3.63, 3.8) is 0 Å². The number of halogens is 1. The molecule has 5 aromatic carbocycles. The Labute approximate surface area is 435 Å². The number of anilines is 1. The average molecular weight is 1030 g/mol. The molecule has 0 spiro atoms. The van der Waals surface area contributed by atoms with E-state index in [9.17, 15) is 19.4 Å². The van der Waals surface area contributed by atoms with Crippen molar-refractivity contribution in [1.82, 2.24) is 25.4 Å². The van der Waals surface area contributed by atoms with Crippen molar-refractivity contribution in [3.8, 4) is 0 Å². The summed E-state index contributed by atoms with van der Waals surface area (Å²) in [6.07, 6.45) is 1.71. The molecule has 13 nitrogen and oxygen atoms in total. The predicted octanol–water partition coefficient (Wildman–Crippen LogP) is 9.25. The lowest BCUT2D eigenvalue weighted by atomic mass is 9.80. The van der Waals surface area contributed by atoms with Crippen LogP contribution in [0.5, 0.6) is 0 Å². The fourth-order valence-electron chi connectivity index (χ4n) is 8.79. The number of esters is 1. The number of hydrogen-bond donors (Lipinski definition) is 4. The number of nitrogen functional groups attached to an aromatic ring is 1. The number of rotatable bonds is 20. The zero-order valence-electron chi connectivity index (χ0n) is 39.0. The van der Waals surface area contributed by atoms with Crippen LogP contribution in [0.15, 0.2) is 191 Å². The fraction of sp³-hybridized carbons (Fsp3) is 0.185. The average Bonchev–Trinajstić information content (AvgIpc) is 3.75. The van der Waals surface area contributed by atoms with Crippen LogP contribution in [0.2, 0.25) is 11.2 Å². The molecule has 0 aliphatic carbocycles. The minimum Gasteiger partial charge on any atom is -0.448 e. The van der Waals surface area contributed by atoms with Gasteiger partial charge in [-0.25, -0.2) is 9.78 Å². The highest BCUT2D eigenvalue weighted by Crippen LogP contribution is 2.46. The summed E-state index contributed by atoms with van der Waals surface area (Å²) in [6.45, 7) is 2.29. The van der Waals surface area contributed by atoms with Gasteiger partial charge in [0.1, 0.15) is 21.8 Å². The SMILES string of the molecule is CB(O)NCCSCc1ncccc1SC1=C(C(=O)OC(c2ccccc2)c2ccccc2)N2C(=O)[C@@H](NC(=O)/C(=N\OC(c3ccccc3)(c3ccccc3)c3ccccc3)c3nc(N)sc3Cl)C2CC1. The Kier molecular flexibility index (Phi) is 16.2. The summed E-state index contributed by atoms with van der Waals surface area (Å²) < 4.78 is 6.56. The van der Waals surface area contributed by atoms with Crippen LogP contribution in [0, 0.1) is 0 Å². The zero-order valence-corrected chi connectivity index (χ0v) is 42.2. The van der Waals surface area contributed by atoms with Gasteiger partial charge >= 0.3 is 13.0 Å². The molecule has 72 heavy (non-hydrogen) atoms. The third-order valence-electron chi connectivity index (χ3n) is 12.2. The number of nitrogens with zero attached hydrogens (tertiary/aromatic N) is 4. The van der Waals surface area contributed by atoms with E-state index >= 15 is 0 Å². The minimum atomic E-state index is -1.37. The van der Waals surface area contributed by atoms with E-state index in [-0.39, 0.29) is 26.6 Å². The molecule has 7 aromatic rings. The number of thiazole rings is 1. The van der Waals surface area contributed by atoms with E-state index in [1.165, 1.54) is 16.7 Å². The normalized spacial score (nSPS) is 15.7. The topological polar surface area (TPSA) is 181 Å². The molecule has 2 aliphatic heterocycles. The molecule has 1 fully saturated rings. The fourth-order valence-corrected chi connectivity index (χ4v) is 11.8. The number of hydrogen-bond acceptors (Lipinski definition) is 14. The maximum Gasteiger partial charge on any atom is 0.373 e. The lowest BCUT2D eigenvalue weighted by molar-refractivity contribution is -0.158. The van der Waals surface area contributed by atoms with Crippen LogP contribution in [0.1, 0.15) is 58.2 Å². The summed E-state index contributed by atoms with van der Waals surface area (Å²) in [7, 11) is -0.614. The van der Waals surface area contributed by atoms with E-state index in [1.54, 1.807) is 24.8 Å². The second-order valence-electron chi connectivity index (χ2n) is 16.9. The van der Waals surface area contributed by atoms with E-state index in [2.05, 4.69) is 20.7 Å². The molecule has 2 amide bonds. The molecule has 0 bridgehead atoms. The number of oxime groups is 1. The number of carbonyl (C=O) groups excluding carboxylic acids is 3. The molecule has 2 atom stereocenters. The van der Waals surface area contributed by atoms with Gasteiger partial charge in [0.05, 0.1) is 11.7 Å². The highest BCUT2D eigenvalue weighted by Gasteiger charge is 2.54. The van der Waals surface area contributed by atoms with Gasteiger partial charge in [0, 0.05) is 44.2 Å². The van der Waals surface area contributed by atoms with Crippen LogP contribution in [-0.2, 0) is 35.3 Å². The maximum atomic E-state index is 15.0. The first kappa shape index (κ1) is 50.2. The van der Waals surface area contributed by atoms with Gasteiger partial charge in [0.2, 0.25) is 5.60 Å². The van der Waals surface area contributed by atoms with Crippen molar-refractivity contribution >= 4 is 82.1 Å². The van der Waals surface area contributed by atoms with Crippen molar-refractivity contribution in [2.45, 2.75) is 54.1 Å². The van der Waals surface area contributed by atoms with Crippen molar-refractivity contribution < 1.29 is 29.0 Å². The number of β-lactam (4-membered cyclic amide) rings is 1. The van der Waals surface area contributed by atoms with Crippen molar-refractivity contribution in [2.24, 2.45) is 5.16 Å². The molecule has 1 saturated heterocycles. The zero-order chi connectivity index (χ0) is 50.0. The Morgan fingerprint density at radius 1 is 0.889 bits per heavy atom. The molecule has 1 unspecified atom stereocenters. The minimum absolute atomic E-state index is 0.0209. The standard InChI is InChI=1S/C54H49BClN7O6S3/c1-55(67)59-32-33-70-34-40-42(28-17-31-58-40)71-43-30-29-41-44(51(65)63(41)47(43)52(66)68-48(35-18-7-2-8-19-35)36-20-9-3-10-21-36)60-50(64)46(45-49(56)72-53(57)61-45)62-69-54(37-22-11-4-12-23-37,38-24-13-5-14-25-38)39-26-15-6-16-27-39/h2-28,31,41,44,48,59,67H,29-30,32-34H2,1H3,(H2,57,61)(H,60,64)/b62-46-/t41?,44-/m0/s1. The lowest BCUT2D eigenvalue weighted by Gasteiger charge is -2.50. The van der Waals surface area contributed by atoms with Crippen molar-refractivity contribution in [1.29, 1.82) is 0 Å². The number of carbonyl (C=O) groups is 3. The number of fused-ring (bicyclic) bond motifs is 1. The molecular formula is C54H49BClN7O6S3. The van der Waals surface area contributed by atoms with E-state index in [0.717, 1.165) is 55.5 Å². The number of ether oxygens (including phenoxy) is 1. The van der Waals surface area contributed by atoms with Gasteiger partial charge in [-0.05, 0) is 49.5 Å². The summed E-state index contributed by atoms with van der Waals surface area (Å²) in [5.41, 5.74) is 9.06. The van der Waals surface area contributed by atoms with E-state index in [4.69, 9.17) is 31.9 Å². The molecule has 18 heteroatoms. The van der Waals surface area contributed by atoms with E-state index in [0.29, 0.717) is 30.0 Å². The monoisotopic (exact) mass is 1030 g/mol. The molecule has 0 radical (unpaired) electrons.